The van der Waals surface area contributed by atoms with Gasteiger partial charge in [-0.05, 0) is 24.6 Å². The van der Waals surface area contributed by atoms with Crippen molar-refractivity contribution in [2.75, 3.05) is 13.1 Å². The molecule has 1 aromatic carbocycles. The summed E-state index contributed by atoms with van der Waals surface area (Å²) in [5.74, 6) is -3.02. The molecule has 2 amide bonds. The zero-order valence-corrected chi connectivity index (χ0v) is 14.0. The summed E-state index contributed by atoms with van der Waals surface area (Å²) in [6.45, 7) is 2.01. The molecule has 144 valence electrons. The molecule has 0 aliphatic carbocycles. The van der Waals surface area contributed by atoms with E-state index in [1.807, 2.05) is 0 Å². The van der Waals surface area contributed by atoms with Crippen LogP contribution >= 0.6 is 0 Å². The van der Waals surface area contributed by atoms with E-state index in [-0.39, 0.29) is 18.7 Å². The fourth-order valence-electron chi connectivity index (χ4n) is 2.11. The molecule has 26 heavy (non-hydrogen) atoms. The molecule has 2 atom stereocenters. The van der Waals surface area contributed by atoms with E-state index >= 15 is 0 Å². The Kier molecular flexibility index (Phi) is 7.10. The van der Waals surface area contributed by atoms with Gasteiger partial charge < -0.3 is 15.3 Å². The van der Waals surface area contributed by atoms with Crippen LogP contribution in [0, 0.1) is 0 Å². The molecule has 2 N–H and O–H groups in total. The Morgan fingerprint density at radius 1 is 1.19 bits per heavy atom. The van der Waals surface area contributed by atoms with Gasteiger partial charge in [-0.3, -0.25) is 9.59 Å². The van der Waals surface area contributed by atoms with Crippen LogP contribution in [0.4, 0.5) is 17.6 Å². The van der Waals surface area contributed by atoms with Crippen LogP contribution in [-0.4, -0.2) is 46.9 Å². The topological polar surface area (TPSA) is 86.7 Å². The Labute approximate surface area is 146 Å². The molecule has 2 unspecified atom stereocenters. The monoisotopic (exact) mass is 378 g/mol. The Bertz CT molecular complexity index is 661. The van der Waals surface area contributed by atoms with E-state index in [0.29, 0.717) is 17.0 Å². The van der Waals surface area contributed by atoms with E-state index < -0.39 is 41.7 Å². The number of benzene rings is 1. The number of alkyl halides is 4. The van der Waals surface area contributed by atoms with Crippen molar-refractivity contribution in [2.24, 2.45) is 0 Å². The minimum Gasteiger partial charge on any atom is -0.480 e. The van der Waals surface area contributed by atoms with Crippen LogP contribution in [0.15, 0.2) is 24.3 Å². The molecule has 0 radical (unpaired) electrons. The molecule has 6 nitrogen and oxygen atoms in total. The zero-order valence-electron chi connectivity index (χ0n) is 14.0. The van der Waals surface area contributed by atoms with Crippen molar-refractivity contribution < 1.29 is 37.1 Å². The first-order valence-electron chi connectivity index (χ1n) is 7.54. The molecule has 0 saturated heterocycles. The second-order valence-electron chi connectivity index (χ2n) is 5.51. The minimum absolute atomic E-state index is 0.0988. The predicted octanol–water partition coefficient (Wildman–Crippen LogP) is 2.15. The molecular formula is C16H18F4N2O4. The van der Waals surface area contributed by atoms with E-state index in [2.05, 4.69) is 5.32 Å². The Morgan fingerprint density at radius 3 is 2.15 bits per heavy atom. The number of hydrogen-bond acceptors (Lipinski definition) is 3. The number of nitrogens with one attached hydrogen (secondary N) is 1. The summed E-state index contributed by atoms with van der Waals surface area (Å²) in [5, 5.41) is 11.4. The smallest absolute Gasteiger partial charge is 0.416 e. The quantitative estimate of drug-likeness (QED) is 0.712. The molecule has 0 heterocycles. The van der Waals surface area contributed by atoms with Gasteiger partial charge in [0.1, 0.15) is 6.04 Å². The van der Waals surface area contributed by atoms with Crippen molar-refractivity contribution in [3.63, 3.8) is 0 Å². The summed E-state index contributed by atoms with van der Waals surface area (Å²) in [4.78, 5) is 35.0. The van der Waals surface area contributed by atoms with Gasteiger partial charge in [-0.25, -0.2) is 9.18 Å². The van der Waals surface area contributed by atoms with Crippen molar-refractivity contribution >= 4 is 17.8 Å². The first kappa shape index (κ1) is 21.4. The van der Waals surface area contributed by atoms with Crippen LogP contribution in [-0.2, 0) is 20.6 Å². The molecule has 0 aromatic heterocycles. The molecule has 10 heteroatoms. The van der Waals surface area contributed by atoms with Gasteiger partial charge in [0.25, 0.3) is 5.91 Å². The molecule has 0 spiro atoms. The SMILES string of the molecule is CC(=O)NCCN(C(=O)C(F)c1ccc(C(F)(F)F)cc1)C(C)C(=O)O. The lowest BCUT2D eigenvalue weighted by Crippen LogP contribution is -2.48. The summed E-state index contributed by atoms with van der Waals surface area (Å²) in [7, 11) is 0. The lowest BCUT2D eigenvalue weighted by atomic mass is 10.1. The van der Waals surface area contributed by atoms with E-state index in [1.165, 1.54) is 6.92 Å². The first-order valence-corrected chi connectivity index (χ1v) is 7.54. The minimum atomic E-state index is -4.60. The van der Waals surface area contributed by atoms with E-state index in [9.17, 15) is 31.9 Å². The number of nitrogens with zero attached hydrogens (tertiary/aromatic N) is 1. The standard InChI is InChI=1S/C16H18F4N2O4/c1-9(15(25)26)22(8-7-21-10(2)23)14(24)13(17)11-3-5-12(6-4-11)16(18,19)20/h3-6,9,13H,7-8H2,1-2H3,(H,21,23)(H,25,26). The average Bonchev–Trinajstić information content (AvgIpc) is 2.56. The number of carboxylic acids is 1. The summed E-state index contributed by atoms with van der Waals surface area (Å²) in [6, 6.07) is 1.53. The molecule has 0 aliphatic rings. The Morgan fingerprint density at radius 2 is 1.73 bits per heavy atom. The maximum Gasteiger partial charge on any atom is 0.416 e. The number of rotatable bonds is 7. The van der Waals surface area contributed by atoms with Crippen molar-refractivity contribution in [3.8, 4) is 0 Å². The first-order chi connectivity index (χ1) is 11.9. The van der Waals surface area contributed by atoms with E-state index in [0.717, 1.165) is 19.1 Å². The lowest BCUT2D eigenvalue weighted by molar-refractivity contribution is -0.151. The van der Waals surface area contributed by atoms with Crippen LogP contribution in [0.1, 0.15) is 31.1 Å². The third-order valence-electron chi connectivity index (χ3n) is 3.58. The van der Waals surface area contributed by atoms with Crippen molar-refractivity contribution in [3.05, 3.63) is 35.4 Å². The molecule has 0 aliphatic heterocycles. The Balaban J connectivity index is 2.97. The Hall–Kier alpha value is -2.65. The van der Waals surface area contributed by atoms with Gasteiger partial charge in [0.2, 0.25) is 12.1 Å². The fourth-order valence-corrected chi connectivity index (χ4v) is 2.11. The van der Waals surface area contributed by atoms with E-state index in [4.69, 9.17) is 5.11 Å². The number of amides is 2. The maximum atomic E-state index is 14.5. The highest BCUT2D eigenvalue weighted by molar-refractivity contribution is 5.87. The molecule has 0 saturated carbocycles. The second kappa shape index (κ2) is 8.63. The van der Waals surface area contributed by atoms with Crippen LogP contribution in [0.3, 0.4) is 0 Å². The molecule has 1 aromatic rings. The van der Waals surface area contributed by atoms with Crippen LogP contribution < -0.4 is 5.32 Å². The normalized spacial score (nSPS) is 13.6. The third kappa shape index (κ3) is 5.71. The number of halogens is 4. The van der Waals surface area contributed by atoms with Crippen molar-refractivity contribution in [1.82, 2.24) is 10.2 Å². The molecular weight excluding hydrogens is 360 g/mol. The summed E-state index contributed by atoms with van der Waals surface area (Å²) in [6.07, 6.45) is -6.94. The molecule has 1 rings (SSSR count). The van der Waals surface area contributed by atoms with Crippen LogP contribution in [0.5, 0.6) is 0 Å². The molecule has 0 fully saturated rings. The third-order valence-corrected chi connectivity index (χ3v) is 3.58. The van der Waals surface area contributed by atoms with Gasteiger partial charge in [0.15, 0.2) is 0 Å². The summed E-state index contributed by atoms with van der Waals surface area (Å²) in [5.41, 5.74) is -1.33. The number of carboxylic acid groups (broad SMARTS) is 1. The van der Waals surface area contributed by atoms with Gasteiger partial charge in [-0.15, -0.1) is 0 Å². The van der Waals surface area contributed by atoms with Crippen molar-refractivity contribution in [2.45, 2.75) is 32.2 Å². The zero-order chi connectivity index (χ0) is 20.1. The van der Waals surface area contributed by atoms with E-state index in [1.54, 1.807) is 0 Å². The van der Waals surface area contributed by atoms with Gasteiger partial charge in [-0.1, -0.05) is 12.1 Å². The number of carbonyl (C=O) groups excluding carboxylic acids is 2. The second-order valence-corrected chi connectivity index (χ2v) is 5.51. The van der Waals surface area contributed by atoms with Gasteiger partial charge >= 0.3 is 12.1 Å². The number of aliphatic carboxylic acids is 1. The summed E-state index contributed by atoms with van der Waals surface area (Å²) < 4.78 is 52.1. The van der Waals surface area contributed by atoms with Gasteiger partial charge in [0.05, 0.1) is 5.56 Å². The van der Waals surface area contributed by atoms with Crippen LogP contribution in [0.2, 0.25) is 0 Å². The van der Waals surface area contributed by atoms with Gasteiger partial charge in [-0.2, -0.15) is 13.2 Å². The van der Waals surface area contributed by atoms with Gasteiger partial charge in [0, 0.05) is 20.0 Å². The highest BCUT2D eigenvalue weighted by atomic mass is 19.4. The largest absolute Gasteiger partial charge is 0.480 e. The highest BCUT2D eigenvalue weighted by Gasteiger charge is 2.33. The molecule has 0 bridgehead atoms. The number of hydrogen-bond donors (Lipinski definition) is 2. The van der Waals surface area contributed by atoms with Crippen LogP contribution in [0.25, 0.3) is 0 Å². The average molecular weight is 378 g/mol. The fraction of sp³-hybridized carbons (Fsp3) is 0.438. The maximum absolute atomic E-state index is 14.5. The summed E-state index contributed by atoms with van der Waals surface area (Å²) >= 11 is 0. The lowest BCUT2D eigenvalue weighted by Gasteiger charge is -2.28. The van der Waals surface area contributed by atoms with Crippen molar-refractivity contribution in [1.29, 1.82) is 0 Å². The highest BCUT2D eigenvalue weighted by Crippen LogP contribution is 2.31. The predicted molar refractivity (Wildman–Crippen MR) is 82.8 cm³/mol. The number of carbonyl (C=O) groups is 3.